The fourth-order valence-corrected chi connectivity index (χ4v) is 3.67. The summed E-state index contributed by atoms with van der Waals surface area (Å²) in [6.45, 7) is 1.77. The number of hydrogen-bond acceptors (Lipinski definition) is 8. The van der Waals surface area contributed by atoms with Gasteiger partial charge in [0, 0.05) is 43.7 Å². The molecule has 9 heteroatoms. The van der Waals surface area contributed by atoms with Crippen LogP contribution in [-0.4, -0.2) is 66.0 Å². The molecule has 3 N–H and O–H groups in total. The van der Waals surface area contributed by atoms with Crippen molar-refractivity contribution in [3.05, 3.63) is 41.2 Å². The van der Waals surface area contributed by atoms with Crippen LogP contribution in [0.2, 0.25) is 0 Å². The molecule has 0 saturated heterocycles. The molecular weight excluding hydrogens is 404 g/mol. The zero-order chi connectivity index (χ0) is 22.7. The molecule has 0 amide bonds. The molecular formula is C23H30N8O. The standard InChI is InChI=1S/C23H30N8O/c1-29(2)11-12-30(3)20-14-21(32-4)18(13-17(20)24)27-23-25-10-9-22(28-23)31-19-8-6-5-7-16(19)15-26-31/h7-10,13-15H,5-6,11-12,24H2,1-4H3,(H,25,27,28). The third-order valence-electron chi connectivity index (χ3n) is 5.45. The number of nitrogens with two attached hydrogens (primary N) is 1. The van der Waals surface area contributed by atoms with Crippen molar-refractivity contribution in [2.75, 3.05) is 57.3 Å². The van der Waals surface area contributed by atoms with E-state index in [0.29, 0.717) is 28.9 Å². The summed E-state index contributed by atoms with van der Waals surface area (Å²) < 4.78 is 7.47. The predicted octanol–water partition coefficient (Wildman–Crippen LogP) is 1.35. The number of anilines is 4. The first-order chi connectivity index (χ1) is 15.5. The Morgan fingerprint density at radius 2 is 1.97 bits per heavy atom. The molecule has 3 aromatic rings. The van der Waals surface area contributed by atoms with Crippen molar-refractivity contribution in [2.45, 2.75) is 12.8 Å². The SMILES string of the molecule is COc1cc(N(C)CCN(C)C)c(N)cc1Nc1nccc(-n2ncc3c2=CCCC=3)n1. The van der Waals surface area contributed by atoms with E-state index in [1.807, 2.05) is 50.2 Å². The van der Waals surface area contributed by atoms with Gasteiger partial charge in [-0.15, -0.1) is 0 Å². The Balaban J connectivity index is 1.61. The molecule has 1 aliphatic carbocycles. The Morgan fingerprint density at radius 3 is 2.75 bits per heavy atom. The molecule has 0 spiro atoms. The Bertz CT molecular complexity index is 1220. The lowest BCUT2D eigenvalue weighted by Crippen LogP contribution is -2.30. The highest BCUT2D eigenvalue weighted by Crippen LogP contribution is 2.36. The molecule has 1 aliphatic rings. The van der Waals surface area contributed by atoms with E-state index in [1.54, 1.807) is 13.3 Å². The van der Waals surface area contributed by atoms with Gasteiger partial charge in [-0.05, 0) is 33.0 Å². The first-order valence-electron chi connectivity index (χ1n) is 10.6. The molecule has 168 valence electrons. The van der Waals surface area contributed by atoms with Crippen molar-refractivity contribution < 1.29 is 4.74 Å². The summed E-state index contributed by atoms with van der Waals surface area (Å²) >= 11 is 0. The fraction of sp³-hybridized carbons (Fsp3) is 0.348. The number of hydrogen-bond donors (Lipinski definition) is 2. The average Bonchev–Trinajstić information content (AvgIpc) is 3.22. The van der Waals surface area contributed by atoms with Crippen molar-refractivity contribution >= 4 is 35.2 Å². The van der Waals surface area contributed by atoms with E-state index in [0.717, 1.165) is 42.2 Å². The van der Waals surface area contributed by atoms with Crippen LogP contribution in [0.15, 0.2) is 30.6 Å². The number of ether oxygens (including phenoxy) is 1. The van der Waals surface area contributed by atoms with Crippen LogP contribution in [0.4, 0.5) is 23.0 Å². The second kappa shape index (κ2) is 9.27. The molecule has 2 heterocycles. The topological polar surface area (TPSA) is 97.4 Å². The third kappa shape index (κ3) is 4.52. The average molecular weight is 435 g/mol. The number of methoxy groups -OCH3 is 1. The highest BCUT2D eigenvalue weighted by molar-refractivity contribution is 5.79. The molecule has 0 aliphatic heterocycles. The van der Waals surface area contributed by atoms with Crippen molar-refractivity contribution in [3.63, 3.8) is 0 Å². The minimum atomic E-state index is 0.443. The maximum atomic E-state index is 6.38. The zero-order valence-corrected chi connectivity index (χ0v) is 19.0. The lowest BCUT2D eigenvalue weighted by molar-refractivity contribution is 0.413. The van der Waals surface area contributed by atoms with Gasteiger partial charge in [-0.1, -0.05) is 12.2 Å². The number of aromatic nitrogens is 4. The van der Waals surface area contributed by atoms with E-state index < -0.39 is 0 Å². The molecule has 9 nitrogen and oxygen atoms in total. The Morgan fingerprint density at radius 1 is 1.16 bits per heavy atom. The minimum absolute atomic E-state index is 0.443. The first kappa shape index (κ1) is 21.6. The summed E-state index contributed by atoms with van der Waals surface area (Å²) in [7, 11) is 7.76. The molecule has 0 atom stereocenters. The van der Waals surface area contributed by atoms with Gasteiger partial charge in [0.25, 0.3) is 0 Å². The molecule has 32 heavy (non-hydrogen) atoms. The normalized spacial score (nSPS) is 12.7. The second-order valence-corrected chi connectivity index (χ2v) is 8.08. The van der Waals surface area contributed by atoms with Gasteiger partial charge in [0.15, 0.2) is 5.82 Å². The molecule has 4 rings (SSSR count). The summed E-state index contributed by atoms with van der Waals surface area (Å²) in [5.41, 5.74) is 8.64. The highest BCUT2D eigenvalue weighted by Gasteiger charge is 2.14. The van der Waals surface area contributed by atoms with Crippen LogP contribution >= 0.6 is 0 Å². The molecule has 0 fully saturated rings. The molecule has 0 radical (unpaired) electrons. The Labute approximate surface area is 187 Å². The van der Waals surface area contributed by atoms with Crippen LogP contribution in [0, 0.1) is 0 Å². The monoisotopic (exact) mass is 434 g/mol. The van der Waals surface area contributed by atoms with E-state index in [4.69, 9.17) is 10.5 Å². The van der Waals surface area contributed by atoms with Crippen molar-refractivity contribution in [1.29, 1.82) is 0 Å². The number of likely N-dealkylation sites (N-methyl/N-ethyl adjacent to an activating group) is 2. The number of fused-ring (bicyclic) bond motifs is 1. The number of nitrogen functional groups attached to an aromatic ring is 1. The number of benzene rings is 1. The number of nitrogens with one attached hydrogen (secondary N) is 1. The molecule has 2 aromatic heterocycles. The van der Waals surface area contributed by atoms with Crippen LogP contribution in [0.3, 0.4) is 0 Å². The Hall–Kier alpha value is -3.59. The van der Waals surface area contributed by atoms with Gasteiger partial charge >= 0.3 is 0 Å². The lowest BCUT2D eigenvalue weighted by Gasteiger charge is -2.24. The summed E-state index contributed by atoms with van der Waals surface area (Å²) in [5.74, 6) is 1.81. The summed E-state index contributed by atoms with van der Waals surface area (Å²) in [4.78, 5) is 13.3. The van der Waals surface area contributed by atoms with E-state index in [2.05, 4.69) is 42.3 Å². The predicted molar refractivity (Wildman–Crippen MR) is 129 cm³/mol. The van der Waals surface area contributed by atoms with Gasteiger partial charge in [-0.25, -0.2) is 9.67 Å². The number of rotatable bonds is 8. The van der Waals surface area contributed by atoms with Gasteiger partial charge in [-0.2, -0.15) is 10.1 Å². The van der Waals surface area contributed by atoms with E-state index >= 15 is 0 Å². The fourth-order valence-electron chi connectivity index (χ4n) is 3.67. The summed E-state index contributed by atoms with van der Waals surface area (Å²) in [6, 6.07) is 5.63. The van der Waals surface area contributed by atoms with Gasteiger partial charge in [0.2, 0.25) is 5.95 Å². The maximum Gasteiger partial charge on any atom is 0.229 e. The Kier molecular flexibility index (Phi) is 6.27. The largest absolute Gasteiger partial charge is 0.494 e. The number of nitrogens with zero attached hydrogens (tertiary/aromatic N) is 6. The third-order valence-corrected chi connectivity index (χ3v) is 5.45. The van der Waals surface area contributed by atoms with Gasteiger partial charge in [0.1, 0.15) is 5.75 Å². The lowest BCUT2D eigenvalue weighted by atomic mass is 10.2. The minimum Gasteiger partial charge on any atom is -0.494 e. The van der Waals surface area contributed by atoms with Gasteiger partial charge in [-0.3, -0.25) is 0 Å². The molecule has 0 bridgehead atoms. The summed E-state index contributed by atoms with van der Waals surface area (Å²) in [5, 5.41) is 9.95. The van der Waals surface area contributed by atoms with Crippen molar-refractivity contribution in [3.8, 4) is 11.6 Å². The van der Waals surface area contributed by atoms with Crippen molar-refractivity contribution in [1.82, 2.24) is 24.6 Å². The first-order valence-corrected chi connectivity index (χ1v) is 10.6. The maximum absolute atomic E-state index is 6.38. The van der Waals surface area contributed by atoms with Crippen LogP contribution in [0.25, 0.3) is 18.0 Å². The van der Waals surface area contributed by atoms with E-state index in [9.17, 15) is 0 Å². The van der Waals surface area contributed by atoms with Gasteiger partial charge in [0.05, 0.1) is 35.7 Å². The van der Waals surface area contributed by atoms with Crippen molar-refractivity contribution in [2.24, 2.45) is 0 Å². The second-order valence-electron chi connectivity index (χ2n) is 8.08. The van der Waals surface area contributed by atoms with Crippen LogP contribution in [0.5, 0.6) is 5.75 Å². The smallest absolute Gasteiger partial charge is 0.229 e. The quantitative estimate of drug-likeness (QED) is 0.513. The molecule has 0 unspecified atom stereocenters. The van der Waals surface area contributed by atoms with Crippen LogP contribution in [-0.2, 0) is 0 Å². The zero-order valence-electron chi connectivity index (χ0n) is 19.0. The van der Waals surface area contributed by atoms with Crippen LogP contribution < -0.4 is 31.3 Å². The van der Waals surface area contributed by atoms with Crippen LogP contribution in [0.1, 0.15) is 12.8 Å². The van der Waals surface area contributed by atoms with E-state index in [-0.39, 0.29) is 0 Å². The van der Waals surface area contributed by atoms with Gasteiger partial charge < -0.3 is 25.6 Å². The summed E-state index contributed by atoms with van der Waals surface area (Å²) in [6.07, 6.45) is 10.0. The van der Waals surface area contributed by atoms with E-state index in [1.165, 1.54) is 0 Å². The molecule has 1 aromatic carbocycles. The highest BCUT2D eigenvalue weighted by atomic mass is 16.5. The molecule has 0 saturated carbocycles.